The Labute approximate surface area is 116 Å². The van der Waals surface area contributed by atoms with Crippen molar-refractivity contribution in [1.29, 1.82) is 0 Å². The van der Waals surface area contributed by atoms with E-state index in [0.717, 1.165) is 11.1 Å². The zero-order chi connectivity index (χ0) is 14.5. The molecule has 1 heterocycles. The van der Waals surface area contributed by atoms with Crippen LogP contribution in [-0.2, 0) is 6.61 Å². The number of oxime groups is 1. The molecule has 4 nitrogen and oxygen atoms in total. The first-order valence-electron chi connectivity index (χ1n) is 6.12. The van der Waals surface area contributed by atoms with Crippen molar-refractivity contribution < 1.29 is 14.3 Å². The van der Waals surface area contributed by atoms with Crippen molar-refractivity contribution in [3.63, 3.8) is 0 Å². The van der Waals surface area contributed by atoms with E-state index in [4.69, 9.17) is 9.94 Å². The molecule has 1 aromatic heterocycles. The smallest absolute Gasteiger partial charge is 0.131 e. The van der Waals surface area contributed by atoms with E-state index in [2.05, 4.69) is 10.1 Å². The first-order valence-corrected chi connectivity index (χ1v) is 6.12. The van der Waals surface area contributed by atoms with E-state index >= 15 is 0 Å². The van der Waals surface area contributed by atoms with Crippen molar-refractivity contribution in [2.45, 2.75) is 20.5 Å². The maximum atomic E-state index is 13.3. The van der Waals surface area contributed by atoms with Crippen LogP contribution in [-0.4, -0.2) is 15.9 Å². The Kier molecular flexibility index (Phi) is 4.30. The maximum Gasteiger partial charge on any atom is 0.131 e. The fourth-order valence-electron chi connectivity index (χ4n) is 1.83. The number of hydrogen-bond donors (Lipinski definition) is 1. The Morgan fingerprint density at radius 3 is 2.85 bits per heavy atom. The number of pyridine rings is 1. The third kappa shape index (κ3) is 3.32. The molecule has 0 saturated heterocycles. The van der Waals surface area contributed by atoms with Gasteiger partial charge in [-0.15, -0.1) is 0 Å². The average molecular weight is 274 g/mol. The lowest BCUT2D eigenvalue weighted by Gasteiger charge is -2.11. The molecule has 0 spiro atoms. The van der Waals surface area contributed by atoms with Gasteiger partial charge in [-0.05, 0) is 37.6 Å². The summed E-state index contributed by atoms with van der Waals surface area (Å²) >= 11 is 0. The summed E-state index contributed by atoms with van der Waals surface area (Å²) in [6.07, 6.45) is 3.44. The lowest BCUT2D eigenvalue weighted by atomic mass is 10.1. The number of nitrogens with zero attached hydrogens (tertiary/aromatic N) is 2. The monoisotopic (exact) mass is 274 g/mol. The lowest BCUT2D eigenvalue weighted by molar-refractivity contribution is 0.301. The Hall–Kier alpha value is -2.43. The van der Waals surface area contributed by atoms with Crippen LogP contribution in [0.3, 0.4) is 0 Å². The summed E-state index contributed by atoms with van der Waals surface area (Å²) in [5.74, 6) is -0.0707. The zero-order valence-electron chi connectivity index (χ0n) is 11.3. The van der Waals surface area contributed by atoms with E-state index in [0.29, 0.717) is 17.0 Å². The number of benzene rings is 1. The van der Waals surface area contributed by atoms with Gasteiger partial charge >= 0.3 is 0 Å². The van der Waals surface area contributed by atoms with Gasteiger partial charge in [0.05, 0.1) is 5.71 Å². The topological polar surface area (TPSA) is 54.7 Å². The molecule has 0 saturated carbocycles. The molecule has 104 valence electrons. The van der Waals surface area contributed by atoms with Gasteiger partial charge in [-0.25, -0.2) is 4.39 Å². The molecule has 0 bridgehead atoms. The Morgan fingerprint density at radius 2 is 2.15 bits per heavy atom. The normalized spacial score (nSPS) is 11.4. The third-order valence-corrected chi connectivity index (χ3v) is 2.81. The molecule has 5 heteroatoms. The molecule has 0 atom stereocenters. The summed E-state index contributed by atoms with van der Waals surface area (Å²) in [4.78, 5) is 4.07. The Bertz CT molecular complexity index is 642. The van der Waals surface area contributed by atoms with E-state index in [1.807, 2.05) is 13.0 Å². The average Bonchev–Trinajstić information content (AvgIpc) is 2.44. The summed E-state index contributed by atoms with van der Waals surface area (Å²) in [6, 6.07) is 6.03. The molecule has 0 aliphatic rings. The van der Waals surface area contributed by atoms with Crippen LogP contribution in [0, 0.1) is 12.7 Å². The van der Waals surface area contributed by atoms with Crippen LogP contribution in [0.4, 0.5) is 4.39 Å². The summed E-state index contributed by atoms with van der Waals surface area (Å²) in [6.45, 7) is 3.82. The molecule has 2 rings (SSSR count). The maximum absolute atomic E-state index is 13.3. The summed E-state index contributed by atoms with van der Waals surface area (Å²) in [5, 5.41) is 12.0. The van der Waals surface area contributed by atoms with E-state index < -0.39 is 5.82 Å². The van der Waals surface area contributed by atoms with Gasteiger partial charge in [-0.3, -0.25) is 4.98 Å². The minimum Gasteiger partial charge on any atom is -0.488 e. The highest BCUT2D eigenvalue weighted by Crippen LogP contribution is 2.22. The molecule has 0 amide bonds. The fourth-order valence-corrected chi connectivity index (χ4v) is 1.83. The second-order valence-electron chi connectivity index (χ2n) is 4.49. The van der Waals surface area contributed by atoms with Crippen LogP contribution < -0.4 is 4.74 Å². The van der Waals surface area contributed by atoms with Crippen molar-refractivity contribution in [1.82, 2.24) is 4.98 Å². The minimum absolute atomic E-state index is 0.268. The number of hydrogen-bond acceptors (Lipinski definition) is 4. The van der Waals surface area contributed by atoms with Gasteiger partial charge in [0, 0.05) is 29.6 Å². The first-order chi connectivity index (χ1) is 9.60. The van der Waals surface area contributed by atoms with Gasteiger partial charge in [-0.2, -0.15) is 0 Å². The molecule has 0 radical (unpaired) electrons. The lowest BCUT2D eigenvalue weighted by Crippen LogP contribution is -2.03. The summed E-state index contributed by atoms with van der Waals surface area (Å²) in [7, 11) is 0. The van der Waals surface area contributed by atoms with Crippen LogP contribution in [0.25, 0.3) is 0 Å². The van der Waals surface area contributed by atoms with Crippen LogP contribution >= 0.6 is 0 Å². The van der Waals surface area contributed by atoms with Crippen molar-refractivity contribution >= 4 is 5.71 Å². The summed E-state index contributed by atoms with van der Waals surface area (Å²) in [5.41, 5.74) is 2.83. The van der Waals surface area contributed by atoms with Gasteiger partial charge in [0.25, 0.3) is 0 Å². The van der Waals surface area contributed by atoms with Crippen LogP contribution in [0.5, 0.6) is 5.75 Å². The van der Waals surface area contributed by atoms with Crippen molar-refractivity contribution in [2.75, 3.05) is 0 Å². The predicted molar refractivity (Wildman–Crippen MR) is 73.7 cm³/mol. The van der Waals surface area contributed by atoms with Gasteiger partial charge in [0.1, 0.15) is 18.2 Å². The number of ether oxygens (including phenoxy) is 1. The van der Waals surface area contributed by atoms with E-state index in [1.54, 1.807) is 19.3 Å². The number of aromatic nitrogens is 1. The predicted octanol–water partition coefficient (Wildman–Crippen LogP) is 3.31. The van der Waals surface area contributed by atoms with Gasteiger partial charge < -0.3 is 9.94 Å². The Morgan fingerprint density at radius 1 is 1.35 bits per heavy atom. The van der Waals surface area contributed by atoms with Gasteiger partial charge in [0.15, 0.2) is 0 Å². The molecule has 1 N–H and O–H groups in total. The van der Waals surface area contributed by atoms with E-state index in [-0.39, 0.29) is 6.61 Å². The molecule has 1 aromatic carbocycles. The number of aryl methyl sites for hydroxylation is 1. The van der Waals surface area contributed by atoms with Gasteiger partial charge in [-0.1, -0.05) is 5.16 Å². The second-order valence-corrected chi connectivity index (χ2v) is 4.49. The number of rotatable bonds is 4. The highest BCUT2D eigenvalue weighted by atomic mass is 19.1. The molecule has 20 heavy (non-hydrogen) atoms. The van der Waals surface area contributed by atoms with E-state index in [1.165, 1.54) is 18.2 Å². The molecule has 0 unspecified atom stereocenters. The SMILES string of the molecule is C/C(=N/O)c1ccc(F)cc1OCc1cncc(C)c1. The summed E-state index contributed by atoms with van der Waals surface area (Å²) < 4.78 is 18.9. The van der Waals surface area contributed by atoms with Crippen LogP contribution in [0.1, 0.15) is 23.6 Å². The quantitative estimate of drug-likeness (QED) is 0.528. The van der Waals surface area contributed by atoms with Crippen LogP contribution in [0.2, 0.25) is 0 Å². The fraction of sp³-hybridized carbons (Fsp3) is 0.200. The van der Waals surface area contributed by atoms with Crippen molar-refractivity contribution in [2.24, 2.45) is 5.16 Å². The number of halogens is 1. The second kappa shape index (κ2) is 6.14. The van der Waals surface area contributed by atoms with Crippen molar-refractivity contribution in [3.8, 4) is 5.75 Å². The first kappa shape index (κ1) is 14.0. The zero-order valence-corrected chi connectivity index (χ0v) is 11.3. The highest BCUT2D eigenvalue weighted by Gasteiger charge is 2.09. The molecular formula is C15H15FN2O2. The third-order valence-electron chi connectivity index (χ3n) is 2.81. The van der Waals surface area contributed by atoms with Crippen molar-refractivity contribution in [3.05, 3.63) is 59.2 Å². The molecule has 2 aromatic rings. The highest BCUT2D eigenvalue weighted by molar-refractivity contribution is 6.00. The minimum atomic E-state index is -0.406. The molecule has 0 fully saturated rings. The molecule has 0 aliphatic carbocycles. The van der Waals surface area contributed by atoms with E-state index in [9.17, 15) is 4.39 Å². The molecular weight excluding hydrogens is 259 g/mol. The largest absolute Gasteiger partial charge is 0.488 e. The van der Waals surface area contributed by atoms with Gasteiger partial charge in [0.2, 0.25) is 0 Å². The standard InChI is InChI=1S/C15H15FN2O2/c1-10-5-12(8-17-7-10)9-20-15-6-13(16)3-4-14(15)11(2)18-19/h3-8,19H,9H2,1-2H3/b18-11-. The van der Waals surface area contributed by atoms with Crippen LogP contribution in [0.15, 0.2) is 41.8 Å². The Balaban J connectivity index is 2.22. The molecule has 0 aliphatic heterocycles.